The first-order chi connectivity index (χ1) is 9.06. The highest BCUT2D eigenvalue weighted by Crippen LogP contribution is 2.07. The molecule has 0 spiro atoms. The normalized spacial score (nSPS) is 10.4. The maximum atomic E-state index is 11.5. The van der Waals surface area contributed by atoms with E-state index in [1.54, 1.807) is 7.11 Å². The number of rotatable bonds is 13. The largest absolute Gasteiger partial charge is 0.385 e. The first-order valence-electron chi connectivity index (χ1n) is 7.08. The lowest BCUT2D eigenvalue weighted by atomic mass is 10.0. The smallest absolute Gasteiger partial charge is 0.133 e. The Morgan fingerprint density at radius 1 is 0.737 bits per heavy atom. The molecule has 0 aliphatic heterocycles. The van der Waals surface area contributed by atoms with Gasteiger partial charge in [-0.05, 0) is 26.2 Å². The van der Waals surface area contributed by atoms with Gasteiger partial charge >= 0.3 is 0 Å². The van der Waals surface area contributed by atoms with Crippen molar-refractivity contribution >= 4 is 17.3 Å². The van der Waals surface area contributed by atoms with E-state index in [1.165, 1.54) is 6.92 Å². The molecule has 0 aromatic rings. The van der Waals surface area contributed by atoms with Crippen molar-refractivity contribution in [3.63, 3.8) is 0 Å². The maximum Gasteiger partial charge on any atom is 0.133 e. The number of methoxy groups -OCH3 is 1. The third-order valence-corrected chi connectivity index (χ3v) is 2.97. The third-order valence-electron chi connectivity index (χ3n) is 2.97. The van der Waals surface area contributed by atoms with Crippen LogP contribution in [0.25, 0.3) is 0 Å². The Bertz CT molecular complexity index is 284. The van der Waals surface area contributed by atoms with E-state index >= 15 is 0 Å². The van der Waals surface area contributed by atoms with Crippen LogP contribution in [0, 0.1) is 0 Å². The van der Waals surface area contributed by atoms with Crippen LogP contribution in [0.5, 0.6) is 0 Å². The van der Waals surface area contributed by atoms with Crippen LogP contribution < -0.4 is 0 Å². The zero-order valence-corrected chi connectivity index (χ0v) is 12.2. The maximum absolute atomic E-state index is 11.5. The van der Waals surface area contributed by atoms with E-state index in [0.717, 1.165) is 25.9 Å². The summed E-state index contributed by atoms with van der Waals surface area (Å²) >= 11 is 0. The molecular formula is C15H26O4. The van der Waals surface area contributed by atoms with E-state index in [1.807, 2.05) is 0 Å². The molecule has 110 valence electrons. The minimum absolute atomic E-state index is 0.0421. The minimum atomic E-state index is 0.0421. The van der Waals surface area contributed by atoms with E-state index in [4.69, 9.17) is 4.74 Å². The van der Waals surface area contributed by atoms with Crippen molar-refractivity contribution < 1.29 is 19.1 Å². The molecule has 0 atom stereocenters. The predicted molar refractivity (Wildman–Crippen MR) is 74.1 cm³/mol. The molecule has 0 aliphatic rings. The van der Waals surface area contributed by atoms with Crippen molar-refractivity contribution in [2.24, 2.45) is 0 Å². The molecule has 0 rings (SSSR count). The number of carbonyl (C=O) groups is 3. The summed E-state index contributed by atoms with van der Waals surface area (Å²) in [6, 6.07) is 0. The van der Waals surface area contributed by atoms with Gasteiger partial charge in [-0.15, -0.1) is 0 Å². The molecule has 0 radical (unpaired) electrons. The Labute approximate surface area is 115 Å². The minimum Gasteiger partial charge on any atom is -0.385 e. The van der Waals surface area contributed by atoms with Crippen molar-refractivity contribution in [2.45, 2.75) is 64.7 Å². The number of carbonyl (C=O) groups excluding carboxylic acids is 3. The number of ether oxygens (including phenoxy) is 1. The van der Waals surface area contributed by atoms with Gasteiger partial charge in [-0.25, -0.2) is 0 Å². The number of Topliss-reactive ketones (excluding diaryl/α,β-unsaturated/α-hetero) is 3. The van der Waals surface area contributed by atoms with E-state index < -0.39 is 0 Å². The summed E-state index contributed by atoms with van der Waals surface area (Å²) in [6.07, 6.45) is 5.68. The SMILES string of the molecule is COCCCCCC(=O)CCCC(=O)CCC(C)=O. The van der Waals surface area contributed by atoms with E-state index in [9.17, 15) is 14.4 Å². The summed E-state index contributed by atoms with van der Waals surface area (Å²) in [7, 11) is 1.67. The predicted octanol–water partition coefficient (Wildman–Crippen LogP) is 2.87. The highest BCUT2D eigenvalue weighted by Gasteiger charge is 2.06. The van der Waals surface area contributed by atoms with Gasteiger partial charge in [0.2, 0.25) is 0 Å². The van der Waals surface area contributed by atoms with Crippen LogP contribution in [0.3, 0.4) is 0 Å². The Hall–Kier alpha value is -1.03. The average molecular weight is 270 g/mol. The lowest BCUT2D eigenvalue weighted by Crippen LogP contribution is -2.04. The standard InChI is InChI=1S/C15H26O4/c1-13(16)10-11-15(18)9-6-8-14(17)7-4-3-5-12-19-2/h3-12H2,1-2H3. The lowest BCUT2D eigenvalue weighted by molar-refractivity contribution is -0.123. The molecule has 0 bridgehead atoms. The van der Waals surface area contributed by atoms with Gasteiger partial charge in [0, 0.05) is 45.8 Å². The zero-order valence-electron chi connectivity index (χ0n) is 12.2. The monoisotopic (exact) mass is 270 g/mol. The molecule has 0 aromatic carbocycles. The molecule has 0 saturated heterocycles. The van der Waals surface area contributed by atoms with Gasteiger partial charge in [-0.1, -0.05) is 6.42 Å². The molecule has 4 nitrogen and oxygen atoms in total. The summed E-state index contributed by atoms with van der Waals surface area (Å²) in [5.41, 5.74) is 0. The van der Waals surface area contributed by atoms with Crippen molar-refractivity contribution in [3.8, 4) is 0 Å². The molecule has 0 unspecified atom stereocenters. The molecule has 0 amide bonds. The van der Waals surface area contributed by atoms with Crippen LogP contribution in [-0.4, -0.2) is 31.1 Å². The molecule has 4 heteroatoms. The second kappa shape index (κ2) is 12.0. The summed E-state index contributed by atoms with van der Waals surface area (Å²) < 4.78 is 4.93. The van der Waals surface area contributed by atoms with Gasteiger partial charge in [0.15, 0.2) is 0 Å². The molecule has 19 heavy (non-hydrogen) atoms. The van der Waals surface area contributed by atoms with Crippen LogP contribution in [0.4, 0.5) is 0 Å². The van der Waals surface area contributed by atoms with Gasteiger partial charge < -0.3 is 9.53 Å². The molecule has 0 saturated carbocycles. The topological polar surface area (TPSA) is 60.4 Å². The Kier molecular flexibility index (Phi) is 11.4. The van der Waals surface area contributed by atoms with Crippen LogP contribution >= 0.6 is 0 Å². The third kappa shape index (κ3) is 13.2. The van der Waals surface area contributed by atoms with Crippen molar-refractivity contribution in [2.75, 3.05) is 13.7 Å². The van der Waals surface area contributed by atoms with Gasteiger partial charge in [0.1, 0.15) is 17.3 Å². The van der Waals surface area contributed by atoms with E-state index in [2.05, 4.69) is 0 Å². The number of ketones is 3. The first-order valence-corrected chi connectivity index (χ1v) is 7.08. The van der Waals surface area contributed by atoms with Gasteiger partial charge in [-0.3, -0.25) is 9.59 Å². The van der Waals surface area contributed by atoms with E-state index in [-0.39, 0.29) is 17.3 Å². The summed E-state index contributed by atoms with van der Waals surface area (Å²) in [5, 5.41) is 0. The van der Waals surface area contributed by atoms with Crippen LogP contribution in [0.2, 0.25) is 0 Å². The zero-order chi connectivity index (χ0) is 14.5. The average Bonchev–Trinajstić information content (AvgIpc) is 2.36. The molecule has 0 aliphatic carbocycles. The van der Waals surface area contributed by atoms with Crippen molar-refractivity contribution in [1.82, 2.24) is 0 Å². The number of hydrogen-bond donors (Lipinski definition) is 0. The molecule has 0 N–H and O–H groups in total. The Morgan fingerprint density at radius 2 is 1.32 bits per heavy atom. The fourth-order valence-electron chi connectivity index (χ4n) is 1.79. The Balaban J connectivity index is 3.42. The van der Waals surface area contributed by atoms with E-state index in [0.29, 0.717) is 38.5 Å². The quantitative estimate of drug-likeness (QED) is 0.483. The molecule has 0 fully saturated rings. The highest BCUT2D eigenvalue weighted by atomic mass is 16.5. The van der Waals surface area contributed by atoms with Crippen LogP contribution in [0.1, 0.15) is 64.7 Å². The molecular weight excluding hydrogens is 244 g/mol. The van der Waals surface area contributed by atoms with Gasteiger partial charge in [0.25, 0.3) is 0 Å². The fraction of sp³-hybridized carbons (Fsp3) is 0.800. The highest BCUT2D eigenvalue weighted by molar-refractivity contribution is 5.85. The lowest BCUT2D eigenvalue weighted by Gasteiger charge is -2.02. The summed E-state index contributed by atoms with van der Waals surface area (Å²) in [4.78, 5) is 33.6. The van der Waals surface area contributed by atoms with Gasteiger partial charge in [-0.2, -0.15) is 0 Å². The number of hydrogen-bond acceptors (Lipinski definition) is 4. The van der Waals surface area contributed by atoms with Crippen molar-refractivity contribution in [1.29, 1.82) is 0 Å². The Morgan fingerprint density at radius 3 is 1.89 bits per heavy atom. The molecule has 0 aromatic heterocycles. The second-order valence-electron chi connectivity index (χ2n) is 4.94. The fourth-order valence-corrected chi connectivity index (χ4v) is 1.79. The van der Waals surface area contributed by atoms with Crippen molar-refractivity contribution in [3.05, 3.63) is 0 Å². The van der Waals surface area contributed by atoms with Crippen LogP contribution in [-0.2, 0) is 19.1 Å². The first kappa shape index (κ1) is 18.0. The second-order valence-corrected chi connectivity index (χ2v) is 4.94. The number of unbranched alkanes of at least 4 members (excludes halogenated alkanes) is 2. The summed E-state index contributed by atoms with van der Waals surface area (Å²) in [6.45, 7) is 2.24. The van der Waals surface area contributed by atoms with Crippen LogP contribution in [0.15, 0.2) is 0 Å². The van der Waals surface area contributed by atoms with Gasteiger partial charge in [0.05, 0.1) is 0 Å². The summed E-state index contributed by atoms with van der Waals surface area (Å²) in [5.74, 6) is 0.361. The molecule has 0 heterocycles.